The molecule has 0 aromatic carbocycles. The highest BCUT2D eigenvalue weighted by Gasteiger charge is 2.09. The highest BCUT2D eigenvalue weighted by Crippen LogP contribution is 1.95. The fourth-order valence-corrected chi connectivity index (χ4v) is 0.925. The monoisotopic (exact) mass is 199 g/mol. The summed E-state index contributed by atoms with van der Waals surface area (Å²) in [6.45, 7) is 2.72. The molecule has 0 aliphatic carbocycles. The minimum absolute atomic E-state index is 0.0130. The van der Waals surface area contributed by atoms with Gasteiger partial charge < -0.3 is 15.8 Å². The molecule has 0 fully saturated rings. The third-order valence-electron chi connectivity index (χ3n) is 1.69. The van der Waals surface area contributed by atoms with Crippen LogP contribution in [0.25, 0.3) is 0 Å². The number of nitrogens with two attached hydrogens (primary N) is 1. The SMILES string of the molecule is CCC(CC#N)NC(=O)COCCN. The summed E-state index contributed by atoms with van der Waals surface area (Å²) in [5.74, 6) is -0.194. The van der Waals surface area contributed by atoms with Crippen LogP contribution in [0, 0.1) is 11.3 Å². The smallest absolute Gasteiger partial charge is 0.246 e. The second-order valence-electron chi connectivity index (χ2n) is 2.88. The van der Waals surface area contributed by atoms with Gasteiger partial charge in [-0.05, 0) is 6.42 Å². The van der Waals surface area contributed by atoms with Crippen molar-refractivity contribution in [3.8, 4) is 6.07 Å². The van der Waals surface area contributed by atoms with E-state index in [9.17, 15) is 4.79 Å². The third kappa shape index (κ3) is 6.40. The van der Waals surface area contributed by atoms with E-state index < -0.39 is 0 Å². The van der Waals surface area contributed by atoms with Gasteiger partial charge >= 0.3 is 0 Å². The number of ether oxygens (including phenoxy) is 1. The van der Waals surface area contributed by atoms with Crippen molar-refractivity contribution < 1.29 is 9.53 Å². The lowest BCUT2D eigenvalue weighted by atomic mass is 10.2. The van der Waals surface area contributed by atoms with Crippen molar-refractivity contribution in [1.29, 1.82) is 5.26 Å². The molecule has 5 nitrogen and oxygen atoms in total. The maximum Gasteiger partial charge on any atom is 0.246 e. The molecule has 0 saturated heterocycles. The van der Waals surface area contributed by atoms with E-state index in [0.29, 0.717) is 19.6 Å². The number of nitrogens with zero attached hydrogens (tertiary/aromatic N) is 1. The van der Waals surface area contributed by atoms with Crippen molar-refractivity contribution in [2.24, 2.45) is 5.73 Å². The molecule has 14 heavy (non-hydrogen) atoms. The van der Waals surface area contributed by atoms with Crippen LogP contribution in [0.2, 0.25) is 0 Å². The predicted octanol–water partition coefficient (Wildman–Crippen LogP) is -0.230. The highest BCUT2D eigenvalue weighted by atomic mass is 16.5. The van der Waals surface area contributed by atoms with Crippen molar-refractivity contribution in [2.75, 3.05) is 19.8 Å². The van der Waals surface area contributed by atoms with E-state index in [2.05, 4.69) is 5.32 Å². The predicted molar refractivity (Wildman–Crippen MR) is 52.3 cm³/mol. The molecule has 0 rings (SSSR count). The normalized spacial score (nSPS) is 11.8. The van der Waals surface area contributed by atoms with Crippen LogP contribution < -0.4 is 11.1 Å². The second kappa shape index (κ2) is 8.48. The van der Waals surface area contributed by atoms with Crippen molar-refractivity contribution in [3.05, 3.63) is 0 Å². The summed E-state index contributed by atoms with van der Waals surface area (Å²) in [5, 5.41) is 11.1. The van der Waals surface area contributed by atoms with Crippen molar-refractivity contribution in [3.63, 3.8) is 0 Å². The topological polar surface area (TPSA) is 88.1 Å². The molecule has 0 saturated carbocycles. The van der Waals surface area contributed by atoms with Gasteiger partial charge in [0, 0.05) is 12.6 Å². The van der Waals surface area contributed by atoms with E-state index in [1.807, 2.05) is 13.0 Å². The zero-order chi connectivity index (χ0) is 10.8. The van der Waals surface area contributed by atoms with E-state index in [-0.39, 0.29) is 18.6 Å². The third-order valence-corrected chi connectivity index (χ3v) is 1.69. The zero-order valence-electron chi connectivity index (χ0n) is 8.45. The summed E-state index contributed by atoms with van der Waals surface area (Å²) in [6, 6.07) is 1.94. The number of nitrogens with one attached hydrogen (secondary N) is 1. The fourth-order valence-electron chi connectivity index (χ4n) is 0.925. The number of hydrogen-bond donors (Lipinski definition) is 2. The number of amides is 1. The lowest BCUT2D eigenvalue weighted by Gasteiger charge is -2.13. The second-order valence-corrected chi connectivity index (χ2v) is 2.88. The quantitative estimate of drug-likeness (QED) is 0.554. The zero-order valence-corrected chi connectivity index (χ0v) is 8.45. The van der Waals surface area contributed by atoms with Gasteiger partial charge in [0.2, 0.25) is 5.91 Å². The molecular formula is C9H17N3O2. The van der Waals surface area contributed by atoms with E-state index in [1.165, 1.54) is 0 Å². The fraction of sp³-hybridized carbons (Fsp3) is 0.778. The molecule has 0 radical (unpaired) electrons. The maximum absolute atomic E-state index is 11.2. The highest BCUT2D eigenvalue weighted by molar-refractivity contribution is 5.77. The molecule has 0 aliphatic rings. The first-order valence-electron chi connectivity index (χ1n) is 4.68. The molecule has 0 spiro atoms. The van der Waals surface area contributed by atoms with E-state index in [1.54, 1.807) is 0 Å². The Morgan fingerprint density at radius 2 is 2.43 bits per heavy atom. The Morgan fingerprint density at radius 1 is 1.71 bits per heavy atom. The van der Waals surface area contributed by atoms with Crippen LogP contribution in [0.5, 0.6) is 0 Å². The number of nitriles is 1. The Hall–Kier alpha value is -1.12. The summed E-state index contributed by atoms with van der Waals surface area (Å²) < 4.78 is 4.95. The standard InChI is InChI=1S/C9H17N3O2/c1-2-8(3-4-10)12-9(13)7-14-6-5-11/h8H,2-3,5-7,11H2,1H3,(H,12,13). The van der Waals surface area contributed by atoms with E-state index in [0.717, 1.165) is 6.42 Å². The summed E-state index contributed by atoms with van der Waals surface area (Å²) in [4.78, 5) is 11.2. The Kier molecular flexibility index (Phi) is 7.80. The van der Waals surface area contributed by atoms with Gasteiger partial charge in [0.15, 0.2) is 0 Å². The maximum atomic E-state index is 11.2. The van der Waals surface area contributed by atoms with Gasteiger partial charge in [-0.2, -0.15) is 5.26 Å². The summed E-state index contributed by atoms with van der Waals surface area (Å²) in [5.41, 5.74) is 5.19. The Balaban J connectivity index is 3.63. The lowest BCUT2D eigenvalue weighted by Crippen LogP contribution is -2.36. The van der Waals surface area contributed by atoms with Gasteiger partial charge in [-0.25, -0.2) is 0 Å². The molecule has 0 bridgehead atoms. The van der Waals surface area contributed by atoms with Crippen molar-refractivity contribution in [1.82, 2.24) is 5.32 Å². The summed E-state index contributed by atoms with van der Waals surface area (Å²) in [7, 11) is 0. The molecule has 80 valence electrons. The number of hydrogen-bond acceptors (Lipinski definition) is 4. The molecule has 1 amide bonds. The minimum atomic E-state index is -0.194. The number of carbonyl (C=O) groups is 1. The molecule has 0 aromatic rings. The molecule has 0 aromatic heterocycles. The van der Waals surface area contributed by atoms with Gasteiger partial charge in [-0.15, -0.1) is 0 Å². The molecule has 3 N–H and O–H groups in total. The summed E-state index contributed by atoms with van der Waals surface area (Å²) in [6.07, 6.45) is 1.08. The average molecular weight is 199 g/mol. The minimum Gasteiger partial charge on any atom is -0.370 e. The molecule has 0 heterocycles. The van der Waals surface area contributed by atoms with Gasteiger partial charge in [0.05, 0.1) is 19.1 Å². The van der Waals surface area contributed by atoms with Crippen LogP contribution in [-0.2, 0) is 9.53 Å². The Morgan fingerprint density at radius 3 is 2.93 bits per heavy atom. The van der Waals surface area contributed by atoms with Crippen LogP contribution in [0.4, 0.5) is 0 Å². The van der Waals surface area contributed by atoms with Crippen LogP contribution in [-0.4, -0.2) is 31.7 Å². The average Bonchev–Trinajstić information content (AvgIpc) is 2.17. The molecular weight excluding hydrogens is 182 g/mol. The Labute approximate surface area is 84.2 Å². The van der Waals surface area contributed by atoms with E-state index in [4.69, 9.17) is 15.7 Å². The molecule has 1 unspecified atom stereocenters. The molecule has 5 heteroatoms. The van der Waals surface area contributed by atoms with Gasteiger partial charge in [-0.3, -0.25) is 4.79 Å². The van der Waals surface area contributed by atoms with Crippen LogP contribution >= 0.6 is 0 Å². The van der Waals surface area contributed by atoms with Gasteiger partial charge in [0.25, 0.3) is 0 Å². The van der Waals surface area contributed by atoms with Crippen molar-refractivity contribution in [2.45, 2.75) is 25.8 Å². The first kappa shape index (κ1) is 12.9. The molecule has 1 atom stereocenters. The summed E-state index contributed by atoms with van der Waals surface area (Å²) >= 11 is 0. The van der Waals surface area contributed by atoms with E-state index >= 15 is 0 Å². The van der Waals surface area contributed by atoms with Crippen LogP contribution in [0.1, 0.15) is 19.8 Å². The van der Waals surface area contributed by atoms with Crippen LogP contribution in [0.15, 0.2) is 0 Å². The first-order chi connectivity index (χ1) is 6.74. The van der Waals surface area contributed by atoms with Crippen molar-refractivity contribution >= 4 is 5.91 Å². The van der Waals surface area contributed by atoms with Gasteiger partial charge in [0.1, 0.15) is 6.61 Å². The largest absolute Gasteiger partial charge is 0.370 e. The number of carbonyl (C=O) groups excluding carboxylic acids is 1. The first-order valence-corrected chi connectivity index (χ1v) is 4.68. The van der Waals surface area contributed by atoms with Gasteiger partial charge in [-0.1, -0.05) is 6.92 Å². The number of rotatable bonds is 7. The Bertz CT molecular complexity index is 201. The van der Waals surface area contributed by atoms with Crippen LogP contribution in [0.3, 0.4) is 0 Å². The lowest BCUT2D eigenvalue weighted by molar-refractivity contribution is -0.126. The molecule has 0 aliphatic heterocycles.